The van der Waals surface area contributed by atoms with Gasteiger partial charge in [-0.1, -0.05) is 35.8 Å². The summed E-state index contributed by atoms with van der Waals surface area (Å²) in [6.07, 6.45) is -0.812. The first-order valence-electron chi connectivity index (χ1n) is 5.07. The van der Waals surface area contributed by atoms with Gasteiger partial charge in [0.25, 0.3) is 0 Å². The number of aryl methyl sites for hydroxylation is 1. The van der Waals surface area contributed by atoms with Gasteiger partial charge in [-0.2, -0.15) is 0 Å². The standard InChI is InChI=1S/C12H15BrO3/c1-7(2)11(12(14)15)16-10-6-9(13)5-4-8(10)3/h4-7,11H,1-3H3,(H,14,15). The van der Waals surface area contributed by atoms with E-state index in [0.29, 0.717) is 5.75 Å². The Morgan fingerprint density at radius 1 is 1.44 bits per heavy atom. The molecule has 0 heterocycles. The number of rotatable bonds is 4. The summed E-state index contributed by atoms with van der Waals surface area (Å²) in [5.74, 6) is -0.402. The fourth-order valence-corrected chi connectivity index (χ4v) is 1.65. The highest BCUT2D eigenvalue weighted by Crippen LogP contribution is 2.25. The third kappa shape index (κ3) is 3.23. The number of hydrogen-bond acceptors (Lipinski definition) is 2. The van der Waals surface area contributed by atoms with E-state index < -0.39 is 12.1 Å². The molecule has 0 amide bonds. The van der Waals surface area contributed by atoms with Crippen molar-refractivity contribution in [3.05, 3.63) is 28.2 Å². The van der Waals surface area contributed by atoms with Crippen molar-refractivity contribution in [3.8, 4) is 5.75 Å². The van der Waals surface area contributed by atoms with Gasteiger partial charge in [0.15, 0.2) is 6.10 Å². The first kappa shape index (κ1) is 13.0. The number of halogens is 1. The fraction of sp³-hybridized carbons (Fsp3) is 0.417. The molecule has 0 bridgehead atoms. The zero-order valence-electron chi connectivity index (χ0n) is 9.53. The minimum absolute atomic E-state index is 0.0733. The summed E-state index contributed by atoms with van der Waals surface area (Å²) in [7, 11) is 0. The maximum absolute atomic E-state index is 11.0. The van der Waals surface area contributed by atoms with Crippen molar-refractivity contribution in [2.75, 3.05) is 0 Å². The van der Waals surface area contributed by atoms with E-state index in [1.54, 1.807) is 6.07 Å². The molecule has 4 heteroatoms. The van der Waals surface area contributed by atoms with Gasteiger partial charge in [-0.15, -0.1) is 0 Å². The molecule has 0 saturated carbocycles. The molecule has 1 atom stereocenters. The van der Waals surface area contributed by atoms with Gasteiger partial charge >= 0.3 is 5.97 Å². The summed E-state index contributed by atoms with van der Waals surface area (Å²) in [6.45, 7) is 5.54. The van der Waals surface area contributed by atoms with Crippen LogP contribution in [0.1, 0.15) is 19.4 Å². The van der Waals surface area contributed by atoms with Gasteiger partial charge in [0.2, 0.25) is 0 Å². The average Bonchev–Trinajstić information content (AvgIpc) is 2.18. The zero-order valence-corrected chi connectivity index (χ0v) is 11.1. The molecule has 3 nitrogen and oxygen atoms in total. The maximum atomic E-state index is 11.0. The van der Waals surface area contributed by atoms with Crippen LogP contribution in [0.5, 0.6) is 5.75 Å². The third-order valence-electron chi connectivity index (χ3n) is 2.25. The number of carbonyl (C=O) groups is 1. The van der Waals surface area contributed by atoms with E-state index in [4.69, 9.17) is 9.84 Å². The van der Waals surface area contributed by atoms with Crippen molar-refractivity contribution >= 4 is 21.9 Å². The highest BCUT2D eigenvalue weighted by Gasteiger charge is 2.23. The van der Waals surface area contributed by atoms with Crippen LogP contribution in [0, 0.1) is 12.8 Å². The van der Waals surface area contributed by atoms with Crippen LogP contribution >= 0.6 is 15.9 Å². The molecule has 88 valence electrons. The van der Waals surface area contributed by atoms with Gasteiger partial charge in [0.1, 0.15) is 5.75 Å². The molecule has 1 aromatic carbocycles. The highest BCUT2D eigenvalue weighted by molar-refractivity contribution is 9.10. The summed E-state index contributed by atoms with van der Waals surface area (Å²) in [5, 5.41) is 9.03. The second kappa shape index (κ2) is 5.34. The molecule has 0 aliphatic carbocycles. The number of carboxylic acid groups (broad SMARTS) is 1. The average molecular weight is 287 g/mol. The van der Waals surface area contributed by atoms with Crippen LogP contribution in [-0.2, 0) is 4.79 Å². The lowest BCUT2D eigenvalue weighted by atomic mass is 10.1. The quantitative estimate of drug-likeness (QED) is 0.924. The molecule has 1 rings (SSSR count). The van der Waals surface area contributed by atoms with Crippen molar-refractivity contribution in [1.82, 2.24) is 0 Å². The minimum Gasteiger partial charge on any atom is -0.478 e. The molecular formula is C12H15BrO3. The molecule has 0 radical (unpaired) electrons. The Bertz CT molecular complexity index is 388. The summed E-state index contributed by atoms with van der Waals surface area (Å²) < 4.78 is 6.40. The largest absolute Gasteiger partial charge is 0.478 e. The first-order valence-corrected chi connectivity index (χ1v) is 5.86. The van der Waals surface area contributed by atoms with Crippen LogP contribution in [0.15, 0.2) is 22.7 Å². The highest BCUT2D eigenvalue weighted by atomic mass is 79.9. The zero-order chi connectivity index (χ0) is 12.3. The van der Waals surface area contributed by atoms with E-state index in [9.17, 15) is 4.79 Å². The van der Waals surface area contributed by atoms with E-state index in [1.807, 2.05) is 32.9 Å². The normalized spacial score (nSPS) is 12.6. The Hall–Kier alpha value is -1.03. The first-order chi connectivity index (χ1) is 7.41. The summed E-state index contributed by atoms with van der Waals surface area (Å²) in [6, 6.07) is 5.57. The summed E-state index contributed by atoms with van der Waals surface area (Å²) in [4.78, 5) is 11.0. The molecular weight excluding hydrogens is 272 g/mol. The molecule has 0 spiro atoms. The topological polar surface area (TPSA) is 46.5 Å². The van der Waals surface area contributed by atoms with E-state index in [2.05, 4.69) is 15.9 Å². The summed E-state index contributed by atoms with van der Waals surface area (Å²) in [5.41, 5.74) is 0.926. The molecule has 16 heavy (non-hydrogen) atoms. The molecule has 1 unspecified atom stereocenters. The lowest BCUT2D eigenvalue weighted by molar-refractivity contribution is -0.147. The van der Waals surface area contributed by atoms with Crippen molar-refractivity contribution in [3.63, 3.8) is 0 Å². The Balaban J connectivity index is 2.93. The van der Waals surface area contributed by atoms with Gasteiger partial charge in [-0.3, -0.25) is 0 Å². The van der Waals surface area contributed by atoms with E-state index in [-0.39, 0.29) is 5.92 Å². The molecule has 0 saturated heterocycles. The molecule has 0 aliphatic rings. The van der Waals surface area contributed by atoms with Gasteiger partial charge in [0.05, 0.1) is 0 Å². The van der Waals surface area contributed by atoms with Crippen LogP contribution in [0.3, 0.4) is 0 Å². The molecule has 1 aromatic rings. The van der Waals surface area contributed by atoms with Crippen LogP contribution < -0.4 is 4.74 Å². The monoisotopic (exact) mass is 286 g/mol. The number of carboxylic acids is 1. The van der Waals surface area contributed by atoms with Gasteiger partial charge in [0, 0.05) is 10.4 Å². The Labute approximate surface area is 104 Å². The van der Waals surface area contributed by atoms with Crippen molar-refractivity contribution in [2.45, 2.75) is 26.9 Å². The van der Waals surface area contributed by atoms with Crippen LogP contribution in [0.4, 0.5) is 0 Å². The molecule has 0 aliphatic heterocycles. The van der Waals surface area contributed by atoms with Crippen LogP contribution in [0.25, 0.3) is 0 Å². The fourth-order valence-electron chi connectivity index (χ4n) is 1.31. The third-order valence-corrected chi connectivity index (χ3v) is 2.75. The van der Waals surface area contributed by atoms with Gasteiger partial charge < -0.3 is 9.84 Å². The second-order valence-corrected chi connectivity index (χ2v) is 4.95. The summed E-state index contributed by atoms with van der Waals surface area (Å²) >= 11 is 3.33. The minimum atomic E-state index is -0.936. The van der Waals surface area contributed by atoms with Crippen molar-refractivity contribution in [1.29, 1.82) is 0 Å². The second-order valence-electron chi connectivity index (χ2n) is 4.03. The van der Waals surface area contributed by atoms with Crippen LogP contribution in [0.2, 0.25) is 0 Å². The lowest BCUT2D eigenvalue weighted by Crippen LogP contribution is -2.32. The molecule has 1 N–H and O–H groups in total. The number of aliphatic carboxylic acids is 1. The van der Waals surface area contributed by atoms with E-state index in [0.717, 1.165) is 10.0 Å². The Morgan fingerprint density at radius 2 is 2.06 bits per heavy atom. The van der Waals surface area contributed by atoms with Crippen LogP contribution in [-0.4, -0.2) is 17.2 Å². The van der Waals surface area contributed by atoms with Gasteiger partial charge in [-0.05, 0) is 24.6 Å². The number of ether oxygens (including phenoxy) is 1. The predicted octanol–water partition coefficient (Wildman–Crippen LogP) is 3.25. The van der Waals surface area contributed by atoms with E-state index >= 15 is 0 Å². The molecule has 0 aromatic heterocycles. The van der Waals surface area contributed by atoms with Crippen molar-refractivity contribution in [2.24, 2.45) is 5.92 Å². The van der Waals surface area contributed by atoms with E-state index in [1.165, 1.54) is 0 Å². The number of hydrogen-bond donors (Lipinski definition) is 1. The molecule has 0 fully saturated rings. The van der Waals surface area contributed by atoms with Crippen molar-refractivity contribution < 1.29 is 14.6 Å². The maximum Gasteiger partial charge on any atom is 0.345 e. The lowest BCUT2D eigenvalue weighted by Gasteiger charge is -2.19. The smallest absolute Gasteiger partial charge is 0.345 e. The Morgan fingerprint density at radius 3 is 2.56 bits per heavy atom. The van der Waals surface area contributed by atoms with Gasteiger partial charge in [-0.25, -0.2) is 4.79 Å². The Kier molecular flexibility index (Phi) is 4.35. The predicted molar refractivity (Wildman–Crippen MR) is 65.8 cm³/mol. The number of benzene rings is 1. The SMILES string of the molecule is Cc1ccc(Br)cc1OC(C(=O)O)C(C)C.